The van der Waals surface area contributed by atoms with Gasteiger partial charge in [0, 0.05) is 17.3 Å². The second-order valence-electron chi connectivity index (χ2n) is 4.48. The molecule has 0 aliphatic heterocycles. The van der Waals surface area contributed by atoms with Crippen LogP contribution in [0.3, 0.4) is 0 Å². The largest absolute Gasteiger partial charge is 0.508 e. The number of phenolic OH excluding ortho intramolecular Hbond substituents is 1. The van der Waals surface area contributed by atoms with Crippen molar-refractivity contribution in [2.45, 2.75) is 4.90 Å². The molecular weight excluding hydrogens is 288 g/mol. The molecule has 0 spiro atoms. The lowest BCUT2D eigenvalue weighted by Crippen LogP contribution is -2.13. The third kappa shape index (κ3) is 2.66. The summed E-state index contributed by atoms with van der Waals surface area (Å²) < 4.78 is 27.4. The van der Waals surface area contributed by atoms with E-state index in [1.165, 1.54) is 30.3 Å². The Labute approximate surface area is 121 Å². The summed E-state index contributed by atoms with van der Waals surface area (Å²) in [5.74, 6) is 0.0739. The Kier molecular flexibility index (Phi) is 3.23. The van der Waals surface area contributed by atoms with Gasteiger partial charge in [0.15, 0.2) is 0 Å². The third-order valence-electron chi connectivity index (χ3n) is 3.00. The van der Waals surface area contributed by atoms with Gasteiger partial charge in [0.25, 0.3) is 10.0 Å². The number of anilines is 1. The second kappa shape index (κ2) is 5.06. The molecule has 1 aromatic heterocycles. The number of nitrogens with one attached hydrogen (secondary N) is 1. The van der Waals surface area contributed by atoms with Crippen molar-refractivity contribution in [1.82, 2.24) is 4.98 Å². The number of aromatic hydroxyl groups is 1. The summed E-state index contributed by atoms with van der Waals surface area (Å²) in [4.78, 5) is 4.26. The lowest BCUT2D eigenvalue weighted by molar-refractivity contribution is 0.475. The molecule has 5 nitrogen and oxygen atoms in total. The van der Waals surface area contributed by atoms with Crippen LogP contribution < -0.4 is 4.72 Å². The predicted octanol–water partition coefficient (Wildman–Crippen LogP) is 2.74. The maximum absolute atomic E-state index is 12.5. The Balaban J connectivity index is 2.06. The van der Waals surface area contributed by atoms with Gasteiger partial charge in [0.05, 0.1) is 5.52 Å². The van der Waals surface area contributed by atoms with Crippen molar-refractivity contribution in [2.75, 3.05) is 4.72 Å². The topological polar surface area (TPSA) is 79.3 Å². The van der Waals surface area contributed by atoms with Gasteiger partial charge < -0.3 is 5.11 Å². The van der Waals surface area contributed by atoms with E-state index >= 15 is 0 Å². The summed E-state index contributed by atoms with van der Waals surface area (Å²) >= 11 is 0. The summed E-state index contributed by atoms with van der Waals surface area (Å²) in [5.41, 5.74) is 0.798. The molecule has 0 bridgehead atoms. The molecule has 0 radical (unpaired) electrons. The van der Waals surface area contributed by atoms with Gasteiger partial charge in [-0.15, -0.1) is 0 Å². The number of pyridine rings is 1. The minimum absolute atomic E-state index is 0.0739. The zero-order valence-electron chi connectivity index (χ0n) is 10.9. The number of hydrogen-bond donors (Lipinski definition) is 2. The van der Waals surface area contributed by atoms with Crippen LogP contribution in [0.1, 0.15) is 0 Å². The molecule has 2 N–H and O–H groups in total. The van der Waals surface area contributed by atoms with Crippen LogP contribution in [0.25, 0.3) is 10.9 Å². The van der Waals surface area contributed by atoms with Crippen molar-refractivity contribution < 1.29 is 13.5 Å². The molecule has 21 heavy (non-hydrogen) atoms. The molecule has 1 heterocycles. The maximum Gasteiger partial charge on any atom is 0.264 e. The van der Waals surface area contributed by atoms with Crippen LogP contribution in [0.5, 0.6) is 5.75 Å². The lowest BCUT2D eigenvalue weighted by Gasteiger charge is -2.10. The van der Waals surface area contributed by atoms with Gasteiger partial charge in [-0.1, -0.05) is 18.2 Å². The van der Waals surface area contributed by atoms with Crippen molar-refractivity contribution in [3.63, 3.8) is 0 Å². The number of rotatable bonds is 3. The number of benzene rings is 2. The minimum atomic E-state index is -3.75. The fourth-order valence-electron chi connectivity index (χ4n) is 2.03. The minimum Gasteiger partial charge on any atom is -0.508 e. The van der Waals surface area contributed by atoms with Crippen LogP contribution in [0.4, 0.5) is 5.69 Å². The highest BCUT2D eigenvalue weighted by Gasteiger charge is 2.18. The third-order valence-corrected chi connectivity index (χ3v) is 4.42. The van der Waals surface area contributed by atoms with E-state index in [2.05, 4.69) is 9.71 Å². The average molecular weight is 300 g/mol. The number of para-hydroxylation sites is 1. The smallest absolute Gasteiger partial charge is 0.264 e. The Morgan fingerprint density at radius 2 is 1.67 bits per heavy atom. The molecule has 2 aromatic carbocycles. The molecule has 0 fully saturated rings. The van der Waals surface area contributed by atoms with Crippen molar-refractivity contribution in [3.8, 4) is 5.75 Å². The first kappa shape index (κ1) is 13.4. The van der Waals surface area contributed by atoms with Gasteiger partial charge in [-0.2, -0.15) is 0 Å². The second-order valence-corrected chi connectivity index (χ2v) is 6.13. The average Bonchev–Trinajstić information content (AvgIpc) is 2.49. The highest BCUT2D eigenvalue weighted by molar-refractivity contribution is 7.93. The molecule has 0 atom stereocenters. The lowest BCUT2D eigenvalue weighted by atomic mass is 10.2. The van der Waals surface area contributed by atoms with E-state index in [1.807, 2.05) is 12.1 Å². The van der Waals surface area contributed by atoms with E-state index in [-0.39, 0.29) is 10.6 Å². The van der Waals surface area contributed by atoms with E-state index < -0.39 is 10.0 Å². The van der Waals surface area contributed by atoms with Gasteiger partial charge in [-0.25, -0.2) is 8.42 Å². The van der Waals surface area contributed by atoms with Crippen LogP contribution in [-0.4, -0.2) is 18.5 Å². The molecule has 0 unspecified atom stereocenters. The molecular formula is C15H12N2O3S. The van der Waals surface area contributed by atoms with E-state index in [9.17, 15) is 13.5 Å². The monoisotopic (exact) mass is 300 g/mol. The Morgan fingerprint density at radius 3 is 2.43 bits per heavy atom. The van der Waals surface area contributed by atoms with Gasteiger partial charge in [-0.3, -0.25) is 9.71 Å². The fraction of sp³-hybridized carbons (Fsp3) is 0. The van der Waals surface area contributed by atoms with Crippen molar-refractivity contribution in [2.24, 2.45) is 0 Å². The highest BCUT2D eigenvalue weighted by Crippen LogP contribution is 2.23. The molecule has 0 aliphatic carbocycles. The molecule has 0 amide bonds. The number of nitrogens with zero attached hydrogens (tertiary/aromatic N) is 1. The standard InChI is InChI=1S/C15H12N2O3S/c18-13-8-6-12(7-9-13)17-21(19,20)14-5-1-3-11-4-2-10-16-15(11)14/h1-10,17-18H. The van der Waals surface area contributed by atoms with Crippen LogP contribution in [0, 0.1) is 0 Å². The predicted molar refractivity (Wildman–Crippen MR) is 80.7 cm³/mol. The SMILES string of the molecule is O=S(=O)(Nc1ccc(O)cc1)c1cccc2cccnc12. The maximum atomic E-state index is 12.5. The summed E-state index contributed by atoms with van der Waals surface area (Å²) in [6, 6.07) is 14.4. The summed E-state index contributed by atoms with van der Waals surface area (Å²) in [7, 11) is -3.75. The summed E-state index contributed by atoms with van der Waals surface area (Å²) in [6.07, 6.45) is 1.56. The number of sulfonamides is 1. The first-order chi connectivity index (χ1) is 10.1. The highest BCUT2D eigenvalue weighted by atomic mass is 32.2. The number of aromatic nitrogens is 1. The molecule has 3 aromatic rings. The summed E-state index contributed by atoms with van der Waals surface area (Å²) in [6.45, 7) is 0. The molecule has 0 saturated heterocycles. The first-order valence-corrected chi connectivity index (χ1v) is 7.70. The van der Waals surface area contributed by atoms with Crippen LogP contribution in [0.2, 0.25) is 0 Å². The van der Waals surface area contributed by atoms with Crippen molar-refractivity contribution in [1.29, 1.82) is 0 Å². The normalized spacial score (nSPS) is 11.4. The molecule has 0 saturated carbocycles. The fourth-order valence-corrected chi connectivity index (χ4v) is 3.27. The Hall–Kier alpha value is -2.60. The van der Waals surface area contributed by atoms with Crippen molar-refractivity contribution in [3.05, 3.63) is 60.8 Å². The van der Waals surface area contributed by atoms with Crippen LogP contribution >= 0.6 is 0 Å². The van der Waals surface area contributed by atoms with E-state index in [4.69, 9.17) is 0 Å². The Morgan fingerprint density at radius 1 is 0.952 bits per heavy atom. The Bertz CT molecular complexity index is 885. The van der Waals surface area contributed by atoms with E-state index in [0.29, 0.717) is 11.2 Å². The molecule has 0 aliphatic rings. The van der Waals surface area contributed by atoms with Gasteiger partial charge in [0.1, 0.15) is 10.6 Å². The summed E-state index contributed by atoms with van der Waals surface area (Å²) in [5, 5.41) is 9.98. The van der Waals surface area contributed by atoms with Crippen LogP contribution in [0.15, 0.2) is 65.7 Å². The van der Waals surface area contributed by atoms with Gasteiger partial charge >= 0.3 is 0 Å². The first-order valence-electron chi connectivity index (χ1n) is 6.22. The molecule has 3 rings (SSSR count). The van der Waals surface area contributed by atoms with Gasteiger partial charge in [-0.05, 0) is 36.4 Å². The zero-order valence-corrected chi connectivity index (χ0v) is 11.7. The molecule has 106 valence electrons. The number of phenols is 1. The van der Waals surface area contributed by atoms with E-state index in [1.54, 1.807) is 18.3 Å². The number of fused-ring (bicyclic) bond motifs is 1. The zero-order chi connectivity index (χ0) is 14.9. The van der Waals surface area contributed by atoms with E-state index in [0.717, 1.165) is 5.39 Å². The van der Waals surface area contributed by atoms with Crippen molar-refractivity contribution >= 4 is 26.6 Å². The van der Waals surface area contributed by atoms with Gasteiger partial charge in [0.2, 0.25) is 0 Å². The molecule has 6 heteroatoms. The van der Waals surface area contributed by atoms with Crippen LogP contribution in [-0.2, 0) is 10.0 Å². The quantitative estimate of drug-likeness (QED) is 0.729. The number of hydrogen-bond acceptors (Lipinski definition) is 4.